The molecule has 3 nitrogen and oxygen atoms in total. The van der Waals surface area contributed by atoms with Crippen molar-refractivity contribution in [3.05, 3.63) is 58.9 Å². The summed E-state index contributed by atoms with van der Waals surface area (Å²) in [6, 6.07) is 9.58. The maximum atomic E-state index is 13.1. The second-order valence-electron chi connectivity index (χ2n) is 4.75. The lowest BCUT2D eigenvalue weighted by Gasteiger charge is -2.12. The van der Waals surface area contributed by atoms with Gasteiger partial charge < -0.3 is 14.8 Å². The summed E-state index contributed by atoms with van der Waals surface area (Å²) in [4.78, 5) is 0. The van der Waals surface area contributed by atoms with E-state index in [4.69, 9.17) is 4.74 Å². The monoisotopic (exact) mass is 274 g/mol. The first kappa shape index (κ1) is 14.6. The summed E-state index contributed by atoms with van der Waals surface area (Å²) in [5.74, 6) is 0.179. The molecule has 0 bridgehead atoms. The van der Waals surface area contributed by atoms with Gasteiger partial charge in [-0.25, -0.2) is 4.39 Å². The number of ether oxygens (including phenoxy) is 1. The third kappa shape index (κ3) is 3.38. The molecule has 0 amide bonds. The number of halogens is 1. The van der Waals surface area contributed by atoms with Crippen molar-refractivity contribution in [2.75, 3.05) is 0 Å². The van der Waals surface area contributed by atoms with Crippen LogP contribution in [0.2, 0.25) is 0 Å². The smallest absolute Gasteiger partial charge is 0.488 e. The Kier molecular flexibility index (Phi) is 4.42. The van der Waals surface area contributed by atoms with Gasteiger partial charge >= 0.3 is 7.12 Å². The maximum absolute atomic E-state index is 13.1. The van der Waals surface area contributed by atoms with Gasteiger partial charge in [-0.3, -0.25) is 0 Å². The minimum absolute atomic E-state index is 0.119. The van der Waals surface area contributed by atoms with Crippen LogP contribution in [-0.2, 0) is 6.61 Å². The predicted molar refractivity (Wildman–Crippen MR) is 76.5 cm³/mol. The lowest BCUT2D eigenvalue weighted by atomic mass is 9.77. The van der Waals surface area contributed by atoms with Crippen molar-refractivity contribution in [1.82, 2.24) is 0 Å². The average Bonchev–Trinajstić information content (AvgIpc) is 2.41. The highest BCUT2D eigenvalue weighted by Crippen LogP contribution is 2.17. The van der Waals surface area contributed by atoms with E-state index in [9.17, 15) is 14.4 Å². The zero-order valence-electron chi connectivity index (χ0n) is 11.4. The summed E-state index contributed by atoms with van der Waals surface area (Å²) in [5.41, 5.74) is 2.95. The summed E-state index contributed by atoms with van der Waals surface area (Å²) in [5, 5.41) is 18.5. The van der Waals surface area contributed by atoms with Crippen molar-refractivity contribution in [2.24, 2.45) is 0 Å². The Morgan fingerprint density at radius 1 is 1.05 bits per heavy atom. The molecule has 0 spiro atoms. The summed E-state index contributed by atoms with van der Waals surface area (Å²) in [6.45, 7) is 4.15. The van der Waals surface area contributed by atoms with Crippen LogP contribution in [0.4, 0.5) is 4.39 Å². The minimum atomic E-state index is -1.72. The van der Waals surface area contributed by atoms with Crippen LogP contribution in [0.3, 0.4) is 0 Å². The van der Waals surface area contributed by atoms with Gasteiger partial charge in [-0.15, -0.1) is 0 Å². The molecular formula is C15H16BFO3. The molecule has 104 valence electrons. The van der Waals surface area contributed by atoms with Crippen LogP contribution in [0.1, 0.15) is 16.7 Å². The molecule has 0 aliphatic carbocycles. The molecule has 0 heterocycles. The lowest BCUT2D eigenvalue weighted by Crippen LogP contribution is -2.34. The lowest BCUT2D eigenvalue weighted by molar-refractivity contribution is 0.306. The molecular weight excluding hydrogens is 258 g/mol. The van der Waals surface area contributed by atoms with Gasteiger partial charge in [0.25, 0.3) is 0 Å². The molecule has 2 rings (SSSR count). The van der Waals surface area contributed by atoms with Crippen LogP contribution < -0.4 is 10.2 Å². The molecule has 0 aromatic heterocycles. The molecule has 2 aromatic rings. The molecule has 20 heavy (non-hydrogen) atoms. The van der Waals surface area contributed by atoms with Crippen LogP contribution in [-0.4, -0.2) is 17.2 Å². The number of aryl methyl sites for hydroxylation is 2. The molecule has 0 aliphatic rings. The van der Waals surface area contributed by atoms with Gasteiger partial charge in [0.15, 0.2) is 0 Å². The number of hydrogen-bond acceptors (Lipinski definition) is 3. The van der Waals surface area contributed by atoms with Gasteiger partial charge in [-0.2, -0.15) is 0 Å². The van der Waals surface area contributed by atoms with E-state index < -0.39 is 12.9 Å². The van der Waals surface area contributed by atoms with Crippen molar-refractivity contribution in [1.29, 1.82) is 0 Å². The van der Waals surface area contributed by atoms with E-state index in [0.29, 0.717) is 11.3 Å². The standard InChI is InChI=1S/C15H16BFO3/c1-10-3-6-14(7-11(10)2)20-9-12-4-5-13(17)8-15(12)16(18)19/h3-8,18-19H,9H2,1-2H3. The zero-order valence-corrected chi connectivity index (χ0v) is 11.4. The second kappa shape index (κ2) is 6.07. The first-order valence-corrected chi connectivity index (χ1v) is 6.32. The molecule has 0 aliphatic heterocycles. The number of hydrogen-bond donors (Lipinski definition) is 2. The molecule has 2 aromatic carbocycles. The molecule has 2 N–H and O–H groups in total. The summed E-state index contributed by atoms with van der Waals surface area (Å²) in [7, 11) is -1.72. The Morgan fingerprint density at radius 2 is 1.80 bits per heavy atom. The fourth-order valence-corrected chi connectivity index (χ4v) is 1.90. The Balaban J connectivity index is 2.16. The predicted octanol–water partition coefficient (Wildman–Crippen LogP) is 1.70. The highest BCUT2D eigenvalue weighted by molar-refractivity contribution is 6.59. The molecule has 0 unspecified atom stereocenters. The van der Waals surface area contributed by atoms with E-state index in [1.807, 2.05) is 32.0 Å². The zero-order chi connectivity index (χ0) is 14.7. The van der Waals surface area contributed by atoms with Gasteiger partial charge in [-0.05, 0) is 60.3 Å². The van der Waals surface area contributed by atoms with Crippen molar-refractivity contribution >= 4 is 12.6 Å². The molecule has 5 heteroatoms. The largest absolute Gasteiger partial charge is 0.489 e. The van der Waals surface area contributed by atoms with E-state index in [1.54, 1.807) is 0 Å². The molecule has 0 radical (unpaired) electrons. The van der Waals surface area contributed by atoms with Crippen molar-refractivity contribution in [3.8, 4) is 5.75 Å². The summed E-state index contributed by atoms with van der Waals surface area (Å²) in [6.07, 6.45) is 0. The quantitative estimate of drug-likeness (QED) is 0.834. The van der Waals surface area contributed by atoms with Crippen LogP contribution in [0.15, 0.2) is 36.4 Å². The van der Waals surface area contributed by atoms with Crippen LogP contribution in [0.25, 0.3) is 0 Å². The van der Waals surface area contributed by atoms with Crippen LogP contribution in [0, 0.1) is 19.7 Å². The topological polar surface area (TPSA) is 49.7 Å². The molecule has 0 saturated heterocycles. The summed E-state index contributed by atoms with van der Waals surface area (Å²) >= 11 is 0. The van der Waals surface area contributed by atoms with Gasteiger partial charge in [0.05, 0.1) is 0 Å². The maximum Gasteiger partial charge on any atom is 0.488 e. The molecule has 0 atom stereocenters. The van der Waals surface area contributed by atoms with Gasteiger partial charge in [0.2, 0.25) is 0 Å². The summed E-state index contributed by atoms with van der Waals surface area (Å²) < 4.78 is 18.7. The van der Waals surface area contributed by atoms with E-state index in [0.717, 1.165) is 11.6 Å². The average molecular weight is 274 g/mol. The first-order valence-electron chi connectivity index (χ1n) is 6.32. The van der Waals surface area contributed by atoms with Crippen molar-refractivity contribution in [3.63, 3.8) is 0 Å². The number of rotatable bonds is 4. The van der Waals surface area contributed by atoms with Crippen LogP contribution in [0.5, 0.6) is 5.75 Å². The number of benzene rings is 2. The highest BCUT2D eigenvalue weighted by atomic mass is 19.1. The Labute approximate surface area is 117 Å². The third-order valence-electron chi connectivity index (χ3n) is 3.26. The van der Waals surface area contributed by atoms with Gasteiger partial charge in [0.1, 0.15) is 18.2 Å². The highest BCUT2D eigenvalue weighted by Gasteiger charge is 2.17. The van der Waals surface area contributed by atoms with Gasteiger partial charge in [-0.1, -0.05) is 12.1 Å². The van der Waals surface area contributed by atoms with Crippen LogP contribution >= 0.6 is 0 Å². The third-order valence-corrected chi connectivity index (χ3v) is 3.26. The molecule has 0 fully saturated rings. The Morgan fingerprint density at radius 3 is 2.45 bits per heavy atom. The van der Waals surface area contributed by atoms with Crippen molar-refractivity contribution in [2.45, 2.75) is 20.5 Å². The molecule has 0 saturated carbocycles. The van der Waals surface area contributed by atoms with Crippen molar-refractivity contribution < 1.29 is 19.2 Å². The minimum Gasteiger partial charge on any atom is -0.489 e. The van der Waals surface area contributed by atoms with E-state index in [1.165, 1.54) is 17.7 Å². The second-order valence-corrected chi connectivity index (χ2v) is 4.75. The SMILES string of the molecule is Cc1ccc(OCc2ccc(F)cc2B(O)O)cc1C. The fraction of sp³-hybridized carbons (Fsp3) is 0.200. The fourth-order valence-electron chi connectivity index (χ4n) is 1.90. The normalized spacial score (nSPS) is 10.4. The van der Waals surface area contributed by atoms with Gasteiger partial charge in [0, 0.05) is 0 Å². The van der Waals surface area contributed by atoms with E-state index in [2.05, 4.69) is 0 Å². The Bertz CT molecular complexity index is 614. The van der Waals surface area contributed by atoms with E-state index >= 15 is 0 Å². The Hall–Kier alpha value is -1.85. The first-order chi connectivity index (χ1) is 9.47. The van der Waals surface area contributed by atoms with E-state index in [-0.39, 0.29) is 12.1 Å².